The number of amides is 1. The summed E-state index contributed by atoms with van der Waals surface area (Å²) >= 11 is 0. The number of unbranched alkanes of at least 4 members (excludes halogenated alkanes) is 51. The van der Waals surface area contributed by atoms with Crippen molar-refractivity contribution in [2.24, 2.45) is 0 Å². The van der Waals surface area contributed by atoms with Crippen LogP contribution in [-0.4, -0.2) is 47.4 Å². The molecule has 0 radical (unpaired) electrons. The van der Waals surface area contributed by atoms with E-state index >= 15 is 0 Å². The predicted molar refractivity (Wildman–Crippen MR) is 366 cm³/mol. The average Bonchev–Trinajstić information content (AvgIpc) is 3.48. The van der Waals surface area contributed by atoms with Gasteiger partial charge in [-0.05, 0) is 89.9 Å². The third-order valence-electron chi connectivity index (χ3n) is 17.4. The number of hydrogen-bond acceptors (Lipinski definition) is 5. The van der Waals surface area contributed by atoms with E-state index in [9.17, 15) is 19.8 Å². The van der Waals surface area contributed by atoms with Gasteiger partial charge in [-0.2, -0.15) is 0 Å². The fourth-order valence-electron chi connectivity index (χ4n) is 11.6. The van der Waals surface area contributed by atoms with Crippen LogP contribution in [0.2, 0.25) is 0 Å². The summed E-state index contributed by atoms with van der Waals surface area (Å²) < 4.78 is 5.50. The maximum absolute atomic E-state index is 12.6. The first-order chi connectivity index (χ1) is 41.0. The van der Waals surface area contributed by atoms with Gasteiger partial charge >= 0.3 is 5.97 Å². The van der Waals surface area contributed by atoms with Crippen molar-refractivity contribution in [3.05, 3.63) is 48.6 Å². The third-order valence-corrected chi connectivity index (χ3v) is 17.4. The minimum Gasteiger partial charge on any atom is -0.466 e. The van der Waals surface area contributed by atoms with Crippen LogP contribution in [0.4, 0.5) is 0 Å². The molecular formula is C77H145NO5. The molecule has 0 heterocycles. The van der Waals surface area contributed by atoms with Gasteiger partial charge in [0.25, 0.3) is 0 Å². The van der Waals surface area contributed by atoms with Crippen LogP contribution in [-0.2, 0) is 14.3 Å². The molecule has 0 aromatic heterocycles. The van der Waals surface area contributed by atoms with Crippen LogP contribution in [0.1, 0.15) is 406 Å². The van der Waals surface area contributed by atoms with Crippen LogP contribution < -0.4 is 5.32 Å². The van der Waals surface area contributed by atoms with Gasteiger partial charge in [-0.1, -0.05) is 351 Å². The van der Waals surface area contributed by atoms with E-state index in [2.05, 4.69) is 67.8 Å². The standard InChI is InChI=1S/C77H145NO5/c1-3-5-7-9-11-13-15-17-19-21-23-24-30-34-37-41-45-49-53-57-61-65-69-75(80)74(73-79)78-76(81)70-66-62-58-54-50-46-42-38-35-31-28-26-25-27-29-32-36-40-44-48-52-56-60-64-68-72-83-77(82)71-67-63-59-55-51-47-43-39-33-22-20-18-16-14-12-10-8-6-4-2/h12,14,18,20,26-29,74-75,79-80H,3-11,13,15-17,19,21-25,30-73H2,1-2H3,(H,78,81)/b14-12-,20-18-,28-26-,29-27-. The van der Waals surface area contributed by atoms with Crippen molar-refractivity contribution in [2.75, 3.05) is 13.2 Å². The van der Waals surface area contributed by atoms with E-state index < -0.39 is 12.1 Å². The number of allylic oxidation sites excluding steroid dienone is 8. The van der Waals surface area contributed by atoms with Crippen molar-refractivity contribution in [1.82, 2.24) is 5.32 Å². The summed E-state index contributed by atoms with van der Waals surface area (Å²) in [6, 6.07) is -0.548. The van der Waals surface area contributed by atoms with Gasteiger partial charge < -0.3 is 20.3 Å². The molecule has 1 amide bonds. The summed E-state index contributed by atoms with van der Waals surface area (Å²) in [4.78, 5) is 24.7. The fraction of sp³-hybridized carbons (Fsp3) is 0.870. The van der Waals surface area contributed by atoms with Crippen molar-refractivity contribution in [2.45, 2.75) is 418 Å². The van der Waals surface area contributed by atoms with E-state index in [1.807, 2.05) is 0 Å². The molecule has 0 saturated carbocycles. The van der Waals surface area contributed by atoms with Crippen LogP contribution in [0.5, 0.6) is 0 Å². The average molecular weight is 1170 g/mol. The highest BCUT2D eigenvalue weighted by molar-refractivity contribution is 5.76. The predicted octanol–water partition coefficient (Wildman–Crippen LogP) is 24.4. The Morgan fingerprint density at radius 3 is 0.940 bits per heavy atom. The van der Waals surface area contributed by atoms with E-state index in [4.69, 9.17) is 4.74 Å². The Bertz CT molecular complexity index is 1390. The van der Waals surface area contributed by atoms with E-state index in [0.717, 1.165) is 57.8 Å². The summed E-state index contributed by atoms with van der Waals surface area (Å²) in [7, 11) is 0. The minimum absolute atomic E-state index is 0.00578. The van der Waals surface area contributed by atoms with E-state index in [1.165, 1.54) is 315 Å². The molecule has 0 aliphatic carbocycles. The van der Waals surface area contributed by atoms with Gasteiger partial charge in [0.05, 0.1) is 25.4 Å². The van der Waals surface area contributed by atoms with E-state index in [1.54, 1.807) is 0 Å². The van der Waals surface area contributed by atoms with Crippen molar-refractivity contribution in [1.29, 1.82) is 0 Å². The number of aliphatic hydroxyl groups is 2. The molecular weight excluding hydrogens is 1020 g/mol. The van der Waals surface area contributed by atoms with Crippen LogP contribution >= 0.6 is 0 Å². The monoisotopic (exact) mass is 1160 g/mol. The number of carbonyl (C=O) groups is 2. The first kappa shape index (κ1) is 80.8. The normalized spacial score (nSPS) is 12.8. The summed E-state index contributed by atoms with van der Waals surface area (Å²) in [6.45, 7) is 4.96. The van der Waals surface area contributed by atoms with Gasteiger partial charge in [0.1, 0.15) is 0 Å². The number of ether oxygens (including phenoxy) is 1. The summed E-state index contributed by atoms with van der Waals surface area (Å²) in [5.41, 5.74) is 0. The molecule has 0 aliphatic rings. The number of rotatable bonds is 70. The summed E-state index contributed by atoms with van der Waals surface area (Å²) in [5, 5.41) is 23.4. The zero-order chi connectivity index (χ0) is 59.9. The second-order valence-corrected chi connectivity index (χ2v) is 25.6. The molecule has 83 heavy (non-hydrogen) atoms. The van der Waals surface area contributed by atoms with Gasteiger partial charge in [0.2, 0.25) is 5.91 Å². The quantitative estimate of drug-likeness (QED) is 0.0320. The Morgan fingerprint density at radius 2 is 0.602 bits per heavy atom. The molecule has 0 aromatic rings. The maximum Gasteiger partial charge on any atom is 0.305 e. The molecule has 0 bridgehead atoms. The molecule has 6 heteroatoms. The topological polar surface area (TPSA) is 95.9 Å². The second kappa shape index (κ2) is 72.3. The van der Waals surface area contributed by atoms with E-state index in [0.29, 0.717) is 25.9 Å². The minimum atomic E-state index is -0.671. The van der Waals surface area contributed by atoms with Gasteiger partial charge in [-0.3, -0.25) is 9.59 Å². The Labute approximate surface area is 518 Å². The SMILES string of the molecule is CCCCC/C=C\C/C=C\CCCCCCCCCCCC(=O)OCCCCCCCCCCC/C=C\C/C=C\CCCCCCCCCCCC(=O)NC(CO)C(O)CCCCCCCCCCCCCCCCCCCCCCCC. The van der Waals surface area contributed by atoms with Gasteiger partial charge in [-0.15, -0.1) is 0 Å². The number of hydrogen-bond donors (Lipinski definition) is 3. The molecule has 2 unspecified atom stereocenters. The number of carbonyl (C=O) groups excluding carboxylic acids is 2. The molecule has 0 spiro atoms. The fourth-order valence-corrected chi connectivity index (χ4v) is 11.6. The van der Waals surface area contributed by atoms with Gasteiger partial charge in [0, 0.05) is 12.8 Å². The molecule has 0 aliphatic heterocycles. The highest BCUT2D eigenvalue weighted by Crippen LogP contribution is 2.19. The van der Waals surface area contributed by atoms with Gasteiger partial charge in [-0.25, -0.2) is 0 Å². The second-order valence-electron chi connectivity index (χ2n) is 25.6. The van der Waals surface area contributed by atoms with Crippen LogP contribution in [0.3, 0.4) is 0 Å². The maximum atomic E-state index is 12.6. The van der Waals surface area contributed by atoms with Crippen LogP contribution in [0.15, 0.2) is 48.6 Å². The highest BCUT2D eigenvalue weighted by atomic mass is 16.5. The highest BCUT2D eigenvalue weighted by Gasteiger charge is 2.20. The Kier molecular flexibility index (Phi) is 70.4. The molecule has 0 rings (SSSR count). The molecule has 0 saturated heterocycles. The lowest BCUT2D eigenvalue weighted by atomic mass is 10.0. The first-order valence-electron chi connectivity index (χ1n) is 37.4. The third kappa shape index (κ3) is 68.8. The molecule has 0 fully saturated rings. The smallest absolute Gasteiger partial charge is 0.305 e. The van der Waals surface area contributed by atoms with Crippen molar-refractivity contribution < 1.29 is 24.5 Å². The molecule has 6 nitrogen and oxygen atoms in total. The number of aliphatic hydroxyl groups excluding tert-OH is 2. The Hall–Kier alpha value is -2.18. The molecule has 0 aromatic carbocycles. The van der Waals surface area contributed by atoms with E-state index in [-0.39, 0.29) is 18.5 Å². The Balaban J connectivity index is 3.42. The lowest BCUT2D eigenvalue weighted by Crippen LogP contribution is -2.45. The molecule has 2 atom stereocenters. The number of esters is 1. The zero-order valence-electron chi connectivity index (χ0n) is 55.9. The van der Waals surface area contributed by atoms with Crippen LogP contribution in [0, 0.1) is 0 Å². The zero-order valence-corrected chi connectivity index (χ0v) is 55.9. The molecule has 488 valence electrons. The first-order valence-corrected chi connectivity index (χ1v) is 37.4. The number of nitrogens with one attached hydrogen (secondary N) is 1. The summed E-state index contributed by atoms with van der Waals surface area (Å²) in [5.74, 6) is -0.0315. The Morgan fingerprint density at radius 1 is 0.337 bits per heavy atom. The van der Waals surface area contributed by atoms with Crippen molar-refractivity contribution in [3.8, 4) is 0 Å². The largest absolute Gasteiger partial charge is 0.466 e. The van der Waals surface area contributed by atoms with Crippen molar-refractivity contribution >= 4 is 11.9 Å². The molecule has 3 N–H and O–H groups in total. The van der Waals surface area contributed by atoms with Gasteiger partial charge in [0.15, 0.2) is 0 Å². The lowest BCUT2D eigenvalue weighted by molar-refractivity contribution is -0.143. The van der Waals surface area contributed by atoms with Crippen molar-refractivity contribution in [3.63, 3.8) is 0 Å². The summed E-state index contributed by atoms with van der Waals surface area (Å²) in [6.07, 6.45) is 94.5. The lowest BCUT2D eigenvalue weighted by Gasteiger charge is -2.22. The van der Waals surface area contributed by atoms with Crippen LogP contribution in [0.25, 0.3) is 0 Å².